The van der Waals surface area contributed by atoms with Gasteiger partial charge in [-0.15, -0.1) is 11.8 Å². The molecule has 5 heteroatoms. The molecular formula is C10H20O4S. The Balaban J connectivity index is 2.19. The van der Waals surface area contributed by atoms with Crippen LogP contribution in [0.5, 0.6) is 0 Å². The minimum atomic E-state index is 0.123. The Hall–Kier alpha value is 0.190. The van der Waals surface area contributed by atoms with Crippen molar-refractivity contribution in [1.29, 1.82) is 0 Å². The monoisotopic (exact) mass is 236 g/mol. The Morgan fingerprint density at radius 1 is 0.933 bits per heavy atom. The Bertz CT molecular complexity index is 133. The molecule has 1 heterocycles. The van der Waals surface area contributed by atoms with Gasteiger partial charge in [0.15, 0.2) is 0 Å². The molecule has 0 amide bonds. The fourth-order valence-corrected chi connectivity index (χ4v) is 1.94. The van der Waals surface area contributed by atoms with E-state index in [2.05, 4.69) is 6.92 Å². The number of rotatable bonds is 2. The predicted molar refractivity (Wildman–Crippen MR) is 60.3 cm³/mol. The van der Waals surface area contributed by atoms with Crippen LogP contribution in [0.4, 0.5) is 0 Å². The van der Waals surface area contributed by atoms with Crippen LogP contribution in [0.15, 0.2) is 0 Å². The molecule has 1 aliphatic rings. The number of thioether (sulfide) groups is 1. The first-order chi connectivity index (χ1) is 7.43. The molecule has 1 aliphatic heterocycles. The normalized spacial score (nSPS) is 26.6. The average Bonchev–Trinajstić information content (AvgIpc) is 2.22. The summed E-state index contributed by atoms with van der Waals surface area (Å²) in [5, 5.41) is 0. The first-order valence-electron chi connectivity index (χ1n) is 5.40. The highest BCUT2D eigenvalue weighted by atomic mass is 32.2. The second-order valence-corrected chi connectivity index (χ2v) is 4.49. The van der Waals surface area contributed by atoms with Crippen LogP contribution in [-0.2, 0) is 18.9 Å². The summed E-state index contributed by atoms with van der Waals surface area (Å²) >= 11 is 1.76. The van der Waals surface area contributed by atoms with Crippen molar-refractivity contribution in [1.82, 2.24) is 0 Å². The van der Waals surface area contributed by atoms with E-state index in [1.54, 1.807) is 11.8 Å². The van der Waals surface area contributed by atoms with Gasteiger partial charge in [0, 0.05) is 0 Å². The quantitative estimate of drug-likeness (QED) is 0.719. The molecule has 1 rings (SSSR count). The Morgan fingerprint density at radius 3 is 2.20 bits per heavy atom. The molecule has 1 fully saturated rings. The molecule has 0 saturated carbocycles. The smallest absolute Gasteiger partial charge is 0.126 e. The molecule has 15 heavy (non-hydrogen) atoms. The summed E-state index contributed by atoms with van der Waals surface area (Å²) in [5.41, 5.74) is 0.123. The van der Waals surface area contributed by atoms with E-state index in [0.717, 1.165) is 5.75 Å². The maximum absolute atomic E-state index is 5.63. The molecule has 1 unspecified atom stereocenters. The summed E-state index contributed by atoms with van der Waals surface area (Å²) < 4.78 is 21.7. The lowest BCUT2D eigenvalue weighted by Gasteiger charge is -2.18. The lowest BCUT2D eigenvalue weighted by atomic mass is 10.6. The van der Waals surface area contributed by atoms with Gasteiger partial charge in [0.1, 0.15) is 5.44 Å². The van der Waals surface area contributed by atoms with Gasteiger partial charge in [-0.2, -0.15) is 0 Å². The van der Waals surface area contributed by atoms with Crippen molar-refractivity contribution < 1.29 is 18.9 Å². The van der Waals surface area contributed by atoms with Gasteiger partial charge in [0.05, 0.1) is 46.2 Å². The van der Waals surface area contributed by atoms with E-state index in [9.17, 15) is 0 Å². The molecule has 1 atom stereocenters. The zero-order chi connectivity index (χ0) is 10.8. The van der Waals surface area contributed by atoms with E-state index in [4.69, 9.17) is 18.9 Å². The van der Waals surface area contributed by atoms with E-state index >= 15 is 0 Å². The Kier molecular flexibility index (Phi) is 8.32. The molecule has 0 spiro atoms. The third-order valence-corrected chi connectivity index (χ3v) is 2.86. The van der Waals surface area contributed by atoms with E-state index in [1.165, 1.54) is 0 Å². The number of hydrogen-bond acceptors (Lipinski definition) is 5. The van der Waals surface area contributed by atoms with Gasteiger partial charge in [0.25, 0.3) is 0 Å². The molecule has 90 valence electrons. The zero-order valence-corrected chi connectivity index (χ0v) is 10.1. The van der Waals surface area contributed by atoms with Gasteiger partial charge in [0.2, 0.25) is 0 Å². The van der Waals surface area contributed by atoms with Gasteiger partial charge in [-0.1, -0.05) is 6.92 Å². The summed E-state index contributed by atoms with van der Waals surface area (Å²) in [7, 11) is 0. The van der Waals surface area contributed by atoms with Crippen molar-refractivity contribution in [3.05, 3.63) is 0 Å². The predicted octanol–water partition coefficient (Wildman–Crippen LogP) is 1.15. The van der Waals surface area contributed by atoms with Gasteiger partial charge in [-0.3, -0.25) is 0 Å². The first kappa shape index (κ1) is 13.3. The van der Waals surface area contributed by atoms with Crippen LogP contribution in [0, 0.1) is 0 Å². The molecular weight excluding hydrogens is 216 g/mol. The maximum Gasteiger partial charge on any atom is 0.126 e. The van der Waals surface area contributed by atoms with Gasteiger partial charge in [-0.25, -0.2) is 0 Å². The Labute approximate surface area is 95.6 Å². The maximum atomic E-state index is 5.63. The van der Waals surface area contributed by atoms with Gasteiger partial charge in [-0.05, 0) is 5.75 Å². The lowest BCUT2D eigenvalue weighted by molar-refractivity contribution is -0.0420. The van der Waals surface area contributed by atoms with Gasteiger partial charge >= 0.3 is 0 Å². The molecule has 4 nitrogen and oxygen atoms in total. The highest BCUT2D eigenvalue weighted by Crippen LogP contribution is 2.12. The summed E-state index contributed by atoms with van der Waals surface area (Å²) in [6.45, 7) is 6.53. The topological polar surface area (TPSA) is 36.9 Å². The van der Waals surface area contributed by atoms with Crippen LogP contribution in [0.1, 0.15) is 6.92 Å². The van der Waals surface area contributed by atoms with E-state index in [0.29, 0.717) is 46.2 Å². The van der Waals surface area contributed by atoms with Crippen molar-refractivity contribution in [2.75, 3.05) is 52.0 Å². The number of hydrogen-bond donors (Lipinski definition) is 0. The van der Waals surface area contributed by atoms with Crippen molar-refractivity contribution >= 4 is 11.8 Å². The molecule has 0 aromatic rings. The number of ether oxygens (including phenoxy) is 4. The summed E-state index contributed by atoms with van der Waals surface area (Å²) in [4.78, 5) is 0. The standard InChI is InChI=1S/C10H20O4S/c1-2-15-10-9-13-6-5-11-3-4-12-7-8-14-10/h10H,2-9H2,1H3. The molecule has 0 aromatic heterocycles. The first-order valence-corrected chi connectivity index (χ1v) is 6.44. The van der Waals surface area contributed by atoms with Gasteiger partial charge < -0.3 is 18.9 Å². The third-order valence-electron chi connectivity index (χ3n) is 1.88. The Morgan fingerprint density at radius 2 is 1.53 bits per heavy atom. The van der Waals surface area contributed by atoms with Crippen LogP contribution in [0.2, 0.25) is 0 Å². The summed E-state index contributed by atoms with van der Waals surface area (Å²) in [6.07, 6.45) is 0. The highest BCUT2D eigenvalue weighted by Gasteiger charge is 2.09. The molecule has 1 saturated heterocycles. The summed E-state index contributed by atoms with van der Waals surface area (Å²) in [5.74, 6) is 1.03. The van der Waals surface area contributed by atoms with E-state index in [-0.39, 0.29) is 5.44 Å². The fraction of sp³-hybridized carbons (Fsp3) is 1.00. The average molecular weight is 236 g/mol. The third kappa shape index (κ3) is 7.14. The minimum absolute atomic E-state index is 0.123. The molecule has 0 bridgehead atoms. The lowest BCUT2D eigenvalue weighted by Crippen LogP contribution is -2.22. The van der Waals surface area contributed by atoms with Crippen molar-refractivity contribution in [2.24, 2.45) is 0 Å². The van der Waals surface area contributed by atoms with Crippen LogP contribution >= 0.6 is 11.8 Å². The van der Waals surface area contributed by atoms with E-state index < -0.39 is 0 Å². The summed E-state index contributed by atoms with van der Waals surface area (Å²) in [6, 6.07) is 0. The molecule has 0 radical (unpaired) electrons. The highest BCUT2D eigenvalue weighted by molar-refractivity contribution is 7.99. The SMILES string of the molecule is CCSC1COCCOCCOCCO1. The van der Waals surface area contributed by atoms with Crippen molar-refractivity contribution in [3.63, 3.8) is 0 Å². The van der Waals surface area contributed by atoms with Crippen LogP contribution in [0.3, 0.4) is 0 Å². The fourth-order valence-electron chi connectivity index (χ4n) is 1.19. The van der Waals surface area contributed by atoms with Crippen molar-refractivity contribution in [3.8, 4) is 0 Å². The van der Waals surface area contributed by atoms with E-state index in [1.807, 2.05) is 0 Å². The van der Waals surface area contributed by atoms with Crippen LogP contribution in [0.25, 0.3) is 0 Å². The second kappa shape index (κ2) is 9.42. The van der Waals surface area contributed by atoms with Crippen molar-refractivity contribution in [2.45, 2.75) is 12.4 Å². The minimum Gasteiger partial charge on any atom is -0.377 e. The molecule has 0 aromatic carbocycles. The zero-order valence-electron chi connectivity index (χ0n) is 9.28. The van der Waals surface area contributed by atoms with Crippen LogP contribution in [-0.4, -0.2) is 57.4 Å². The second-order valence-electron chi connectivity index (χ2n) is 3.06. The van der Waals surface area contributed by atoms with Crippen LogP contribution < -0.4 is 0 Å². The largest absolute Gasteiger partial charge is 0.377 e. The molecule has 0 aliphatic carbocycles. The molecule has 0 N–H and O–H groups in total.